The van der Waals surface area contributed by atoms with E-state index in [2.05, 4.69) is 178 Å². The number of imidazole rings is 1. The van der Waals surface area contributed by atoms with E-state index in [9.17, 15) is 0 Å². The van der Waals surface area contributed by atoms with E-state index in [0.717, 1.165) is 40.2 Å². The van der Waals surface area contributed by atoms with E-state index in [0.29, 0.717) is 5.92 Å². The summed E-state index contributed by atoms with van der Waals surface area (Å²) in [5.74, 6) is 1.29. The molecule has 0 amide bonds. The van der Waals surface area contributed by atoms with Crippen molar-refractivity contribution in [1.29, 1.82) is 0 Å². The van der Waals surface area contributed by atoms with Crippen molar-refractivity contribution in [3.05, 3.63) is 175 Å². The summed E-state index contributed by atoms with van der Waals surface area (Å²) in [6, 6.07) is 55.1. The van der Waals surface area contributed by atoms with Crippen LogP contribution in [0.25, 0.3) is 88.5 Å². The van der Waals surface area contributed by atoms with Crippen LogP contribution >= 0.6 is 0 Å². The Morgan fingerprint density at radius 3 is 1.94 bits per heavy atom. The quantitative estimate of drug-likeness (QED) is 0.184. The Morgan fingerprint density at radius 1 is 0.519 bits per heavy atom. The maximum atomic E-state index is 5.23. The summed E-state index contributed by atoms with van der Waals surface area (Å²) >= 11 is 0. The summed E-state index contributed by atoms with van der Waals surface area (Å²) in [4.78, 5) is 5.23. The van der Waals surface area contributed by atoms with Gasteiger partial charge in [0.05, 0.1) is 27.6 Å². The standard InChI is InChI=1S/C48H32N4/c1-29-20-24-36-35-18-11-19-38-43(35)45-39(50(38)32-14-7-3-8-15-32)26-21-30-22-27-40-46(42(30)45)44(36)47(29)51(40)34-23-25-37-41(28-34)52(33-16-9-4-10-17-33)48(49-37)31-12-5-2-6-13-31/h2-19,21-29H,20H2,1H3. The minimum atomic E-state index is 0.343. The third-order valence-corrected chi connectivity index (χ3v) is 11.6. The lowest BCUT2D eigenvalue weighted by Gasteiger charge is -2.24. The molecule has 3 aromatic heterocycles. The van der Waals surface area contributed by atoms with Gasteiger partial charge >= 0.3 is 0 Å². The van der Waals surface area contributed by atoms with Crippen molar-refractivity contribution in [2.45, 2.75) is 19.3 Å². The second-order valence-corrected chi connectivity index (χ2v) is 14.4. The molecule has 0 fully saturated rings. The van der Waals surface area contributed by atoms with Gasteiger partial charge in [-0.15, -0.1) is 0 Å². The molecule has 4 heteroatoms. The molecule has 0 saturated carbocycles. The van der Waals surface area contributed by atoms with E-state index in [4.69, 9.17) is 4.98 Å². The molecular weight excluding hydrogens is 633 g/mol. The van der Waals surface area contributed by atoms with Crippen molar-refractivity contribution in [3.8, 4) is 28.5 Å². The summed E-state index contributed by atoms with van der Waals surface area (Å²) in [5, 5.41) is 6.71. The van der Waals surface area contributed by atoms with E-state index in [-0.39, 0.29) is 0 Å². The topological polar surface area (TPSA) is 27.7 Å². The van der Waals surface area contributed by atoms with Crippen molar-refractivity contribution in [1.82, 2.24) is 18.7 Å². The van der Waals surface area contributed by atoms with E-state index in [1.807, 2.05) is 0 Å². The van der Waals surface area contributed by atoms with Gasteiger partial charge in [-0.1, -0.05) is 104 Å². The number of hydrogen-bond acceptors (Lipinski definition) is 1. The molecule has 2 aliphatic carbocycles. The average molecular weight is 665 g/mol. The van der Waals surface area contributed by atoms with Crippen LogP contribution < -0.4 is 0 Å². The van der Waals surface area contributed by atoms with Gasteiger partial charge in [0.25, 0.3) is 0 Å². The van der Waals surface area contributed by atoms with Gasteiger partial charge in [-0.05, 0) is 83.6 Å². The molecule has 12 rings (SSSR count). The smallest absolute Gasteiger partial charge is 0.145 e. The maximum absolute atomic E-state index is 5.23. The monoisotopic (exact) mass is 664 g/mol. The maximum Gasteiger partial charge on any atom is 0.145 e. The first-order chi connectivity index (χ1) is 25.7. The number of para-hydroxylation sites is 2. The fourth-order valence-corrected chi connectivity index (χ4v) is 9.44. The normalized spacial score (nSPS) is 14.9. The van der Waals surface area contributed by atoms with Crippen LogP contribution in [0, 0.1) is 0 Å². The van der Waals surface area contributed by atoms with Crippen molar-refractivity contribution < 1.29 is 0 Å². The van der Waals surface area contributed by atoms with Gasteiger partial charge in [0.1, 0.15) is 5.82 Å². The first-order valence-corrected chi connectivity index (χ1v) is 18.2. The zero-order valence-corrected chi connectivity index (χ0v) is 28.6. The van der Waals surface area contributed by atoms with E-state index in [1.54, 1.807) is 0 Å². The number of aromatic nitrogens is 4. The molecule has 244 valence electrons. The minimum Gasteiger partial charge on any atom is -0.313 e. The lowest BCUT2D eigenvalue weighted by atomic mass is 9.84. The molecule has 4 nitrogen and oxygen atoms in total. The Kier molecular flexibility index (Phi) is 5.52. The van der Waals surface area contributed by atoms with Crippen molar-refractivity contribution >= 4 is 60.1 Å². The lowest BCUT2D eigenvalue weighted by Crippen LogP contribution is -2.10. The third-order valence-electron chi connectivity index (χ3n) is 11.6. The molecule has 1 atom stereocenters. The Balaban J connectivity index is 1.22. The van der Waals surface area contributed by atoms with Gasteiger partial charge in [-0.25, -0.2) is 4.98 Å². The predicted octanol–water partition coefficient (Wildman–Crippen LogP) is 12.1. The molecule has 0 N–H and O–H groups in total. The number of fused-ring (bicyclic) bond motifs is 2. The van der Waals surface area contributed by atoms with Crippen LogP contribution in [0.15, 0.2) is 158 Å². The summed E-state index contributed by atoms with van der Waals surface area (Å²) < 4.78 is 7.36. The van der Waals surface area contributed by atoms with Gasteiger partial charge in [0.15, 0.2) is 0 Å². The van der Waals surface area contributed by atoms with Gasteiger partial charge in [0.2, 0.25) is 0 Å². The number of nitrogens with zero attached hydrogens (tertiary/aromatic N) is 4. The molecule has 2 aliphatic rings. The SMILES string of the molecule is CC1CC=C2c3c1n(-c1ccc4nc(-c5ccccc5)n(-c5ccccc5)c4c1)c1ccc4ccc5c(c6c2cccc6n5-c2ccccc2)c4c31. The first kappa shape index (κ1) is 28.1. The van der Waals surface area contributed by atoms with Crippen LogP contribution in [-0.2, 0) is 0 Å². The van der Waals surface area contributed by atoms with Gasteiger partial charge < -0.3 is 9.13 Å². The summed E-state index contributed by atoms with van der Waals surface area (Å²) in [6.07, 6.45) is 3.50. The molecule has 10 aromatic rings. The van der Waals surface area contributed by atoms with Crippen LogP contribution in [0.4, 0.5) is 0 Å². The molecule has 7 aromatic carbocycles. The fraction of sp³-hybridized carbons (Fsp3) is 0.0625. The highest BCUT2D eigenvalue weighted by atomic mass is 15.1. The summed E-state index contributed by atoms with van der Waals surface area (Å²) in [6.45, 7) is 2.40. The third kappa shape index (κ3) is 3.58. The zero-order chi connectivity index (χ0) is 34.1. The van der Waals surface area contributed by atoms with Gasteiger partial charge in [0, 0.05) is 61.3 Å². The Labute approximate surface area is 300 Å². The van der Waals surface area contributed by atoms with Crippen molar-refractivity contribution in [2.24, 2.45) is 0 Å². The Bertz CT molecular complexity index is 3140. The highest BCUT2D eigenvalue weighted by molar-refractivity contribution is 6.34. The van der Waals surface area contributed by atoms with Crippen LogP contribution in [-0.4, -0.2) is 18.7 Å². The summed E-state index contributed by atoms with van der Waals surface area (Å²) in [5.41, 5.74) is 15.9. The van der Waals surface area contributed by atoms with Crippen LogP contribution in [0.3, 0.4) is 0 Å². The molecule has 0 bridgehead atoms. The average Bonchev–Trinajstić information content (AvgIpc) is 3.84. The number of hydrogen-bond donors (Lipinski definition) is 0. The van der Waals surface area contributed by atoms with Crippen LogP contribution in [0.1, 0.15) is 36.1 Å². The van der Waals surface area contributed by atoms with Gasteiger partial charge in [-0.2, -0.15) is 0 Å². The Morgan fingerprint density at radius 2 is 1.19 bits per heavy atom. The second-order valence-electron chi connectivity index (χ2n) is 14.4. The first-order valence-electron chi connectivity index (χ1n) is 18.2. The van der Waals surface area contributed by atoms with Crippen molar-refractivity contribution in [2.75, 3.05) is 0 Å². The molecule has 0 spiro atoms. The molecule has 0 aliphatic heterocycles. The molecule has 52 heavy (non-hydrogen) atoms. The Hall–Kier alpha value is -6.65. The predicted molar refractivity (Wildman–Crippen MR) is 215 cm³/mol. The van der Waals surface area contributed by atoms with E-state index >= 15 is 0 Å². The minimum absolute atomic E-state index is 0.343. The molecular formula is C48H32N4. The van der Waals surface area contributed by atoms with E-state index < -0.39 is 0 Å². The van der Waals surface area contributed by atoms with Gasteiger partial charge in [-0.3, -0.25) is 4.57 Å². The second kappa shape index (κ2) is 10.2. The molecule has 1 unspecified atom stereocenters. The highest BCUT2D eigenvalue weighted by Crippen LogP contribution is 2.53. The summed E-state index contributed by atoms with van der Waals surface area (Å²) in [7, 11) is 0. The van der Waals surface area contributed by atoms with E-state index in [1.165, 1.54) is 71.6 Å². The largest absolute Gasteiger partial charge is 0.313 e. The van der Waals surface area contributed by atoms with Crippen LogP contribution in [0.2, 0.25) is 0 Å². The lowest BCUT2D eigenvalue weighted by molar-refractivity contribution is 0.721. The molecule has 0 saturated heterocycles. The zero-order valence-electron chi connectivity index (χ0n) is 28.6. The number of allylic oxidation sites excluding steroid dienone is 1. The van der Waals surface area contributed by atoms with Crippen molar-refractivity contribution in [3.63, 3.8) is 0 Å². The molecule has 0 radical (unpaired) electrons. The fourth-order valence-electron chi connectivity index (χ4n) is 9.44. The molecule has 3 heterocycles. The number of rotatable bonds is 4. The number of benzene rings is 7. The highest BCUT2D eigenvalue weighted by Gasteiger charge is 2.34. The van der Waals surface area contributed by atoms with Crippen LogP contribution in [0.5, 0.6) is 0 Å².